The molecule has 0 rings (SSSR count). The quantitative estimate of drug-likeness (QED) is 0.691. The van der Waals surface area contributed by atoms with Crippen molar-refractivity contribution in [3.63, 3.8) is 0 Å². The van der Waals surface area contributed by atoms with E-state index in [2.05, 4.69) is 4.74 Å². The molecule has 0 fully saturated rings. The molecule has 0 saturated carbocycles. The van der Waals surface area contributed by atoms with E-state index in [0.717, 1.165) is 0 Å². The molecule has 1 nitrogen and oxygen atoms in total. The second-order valence-electron chi connectivity index (χ2n) is 2.66. The van der Waals surface area contributed by atoms with Crippen molar-refractivity contribution in [2.24, 2.45) is 0 Å². The van der Waals surface area contributed by atoms with E-state index in [-0.39, 0.29) is 0 Å². The summed E-state index contributed by atoms with van der Waals surface area (Å²) in [5.74, 6) is -5.26. The topological polar surface area (TPSA) is 9.23 Å². The molecule has 0 heterocycles. The molecule has 0 amide bonds. The standard InChI is InChI=1S/C6H5F9O/c7-3(8)5(11,12)16-2-1-4(9,10)6(13,14)15/h3H,1-2H2. The lowest BCUT2D eigenvalue weighted by Crippen LogP contribution is -2.39. The lowest BCUT2D eigenvalue weighted by Gasteiger charge is -2.21. The first kappa shape index (κ1) is 15.3. The molecular formula is C6H5F9O. The highest BCUT2D eigenvalue weighted by molar-refractivity contribution is 4.75. The van der Waals surface area contributed by atoms with Crippen LogP contribution in [0.15, 0.2) is 0 Å². The first-order valence-corrected chi connectivity index (χ1v) is 3.64. The first-order chi connectivity index (χ1) is 6.90. The molecule has 0 aliphatic heterocycles. The predicted octanol–water partition coefficient (Wildman–Crippen LogP) is 3.45. The Morgan fingerprint density at radius 3 is 1.62 bits per heavy atom. The van der Waals surface area contributed by atoms with E-state index in [1.54, 1.807) is 0 Å². The molecule has 0 unspecified atom stereocenters. The lowest BCUT2D eigenvalue weighted by molar-refractivity contribution is -0.320. The maximum absolute atomic E-state index is 12.1. The van der Waals surface area contributed by atoms with Gasteiger partial charge < -0.3 is 4.74 Å². The van der Waals surface area contributed by atoms with Gasteiger partial charge in [0.15, 0.2) is 0 Å². The molecule has 16 heavy (non-hydrogen) atoms. The molecule has 0 saturated heterocycles. The number of rotatable bonds is 5. The Hall–Kier alpha value is -0.670. The maximum atomic E-state index is 12.1. The summed E-state index contributed by atoms with van der Waals surface area (Å²) in [4.78, 5) is 0. The average molecular weight is 264 g/mol. The summed E-state index contributed by atoms with van der Waals surface area (Å²) in [6, 6.07) is 0. The van der Waals surface area contributed by atoms with Gasteiger partial charge in [-0.2, -0.15) is 30.7 Å². The van der Waals surface area contributed by atoms with Gasteiger partial charge in [0.1, 0.15) is 0 Å². The van der Waals surface area contributed by atoms with Gasteiger partial charge in [-0.05, 0) is 0 Å². The number of hydrogen-bond acceptors (Lipinski definition) is 1. The van der Waals surface area contributed by atoms with Gasteiger partial charge in [0.25, 0.3) is 0 Å². The Balaban J connectivity index is 4.19. The number of halogens is 9. The summed E-state index contributed by atoms with van der Waals surface area (Å²) in [6.45, 7) is -1.84. The number of alkyl halides is 9. The fourth-order valence-electron chi connectivity index (χ4n) is 0.520. The van der Waals surface area contributed by atoms with Gasteiger partial charge in [-0.15, -0.1) is 0 Å². The highest BCUT2D eigenvalue weighted by Gasteiger charge is 2.57. The zero-order valence-electron chi connectivity index (χ0n) is 7.30. The van der Waals surface area contributed by atoms with Crippen molar-refractivity contribution >= 4 is 0 Å². The minimum Gasteiger partial charge on any atom is -0.316 e. The van der Waals surface area contributed by atoms with Gasteiger partial charge in [-0.3, -0.25) is 0 Å². The van der Waals surface area contributed by atoms with E-state index in [4.69, 9.17) is 0 Å². The number of hydrogen-bond donors (Lipinski definition) is 0. The predicted molar refractivity (Wildman–Crippen MR) is 32.5 cm³/mol. The SMILES string of the molecule is FC(F)C(F)(F)OCCC(F)(F)C(F)(F)F. The van der Waals surface area contributed by atoms with E-state index < -0.39 is 37.7 Å². The summed E-state index contributed by atoms with van der Waals surface area (Å²) in [5.41, 5.74) is 0. The molecule has 0 aliphatic carbocycles. The minimum atomic E-state index is -5.93. The maximum Gasteiger partial charge on any atom is 0.453 e. The van der Waals surface area contributed by atoms with Crippen molar-refractivity contribution in [1.82, 2.24) is 0 Å². The first-order valence-electron chi connectivity index (χ1n) is 3.64. The van der Waals surface area contributed by atoms with Crippen molar-refractivity contribution in [2.75, 3.05) is 6.61 Å². The summed E-state index contributed by atoms with van der Waals surface area (Å²) >= 11 is 0. The van der Waals surface area contributed by atoms with Crippen molar-refractivity contribution < 1.29 is 44.3 Å². The van der Waals surface area contributed by atoms with Crippen LogP contribution in [0.5, 0.6) is 0 Å². The van der Waals surface area contributed by atoms with Crippen molar-refractivity contribution in [3.8, 4) is 0 Å². The largest absolute Gasteiger partial charge is 0.453 e. The Bertz CT molecular complexity index is 221. The molecular weight excluding hydrogens is 259 g/mol. The molecule has 0 radical (unpaired) electrons. The van der Waals surface area contributed by atoms with E-state index >= 15 is 0 Å². The smallest absolute Gasteiger partial charge is 0.316 e. The van der Waals surface area contributed by atoms with Crippen molar-refractivity contribution in [3.05, 3.63) is 0 Å². The second kappa shape index (κ2) is 4.68. The molecule has 0 bridgehead atoms. The van der Waals surface area contributed by atoms with Crippen LogP contribution < -0.4 is 0 Å². The van der Waals surface area contributed by atoms with Crippen LogP contribution in [0.25, 0.3) is 0 Å². The summed E-state index contributed by atoms with van der Waals surface area (Å²) in [5, 5.41) is 0. The fourth-order valence-corrected chi connectivity index (χ4v) is 0.520. The Morgan fingerprint density at radius 2 is 1.31 bits per heavy atom. The molecule has 0 spiro atoms. The summed E-state index contributed by atoms with van der Waals surface area (Å²) in [6.07, 6.45) is -17.4. The zero-order chi connectivity index (χ0) is 13.2. The van der Waals surface area contributed by atoms with Gasteiger partial charge >= 0.3 is 24.6 Å². The highest BCUT2D eigenvalue weighted by Crippen LogP contribution is 2.38. The van der Waals surface area contributed by atoms with Crippen LogP contribution in [0.4, 0.5) is 39.5 Å². The molecule has 0 aromatic carbocycles. The molecule has 0 N–H and O–H groups in total. The van der Waals surface area contributed by atoms with Crippen LogP contribution in [-0.4, -0.2) is 31.2 Å². The van der Waals surface area contributed by atoms with Crippen LogP contribution >= 0.6 is 0 Å². The van der Waals surface area contributed by atoms with Crippen molar-refractivity contribution in [1.29, 1.82) is 0 Å². The van der Waals surface area contributed by atoms with Crippen LogP contribution in [0.1, 0.15) is 6.42 Å². The van der Waals surface area contributed by atoms with Crippen LogP contribution in [0.3, 0.4) is 0 Å². The number of ether oxygens (including phenoxy) is 1. The monoisotopic (exact) mass is 264 g/mol. The highest BCUT2D eigenvalue weighted by atomic mass is 19.4. The molecule has 0 aromatic rings. The minimum absolute atomic E-state index is 1.84. The van der Waals surface area contributed by atoms with Crippen molar-refractivity contribution in [2.45, 2.75) is 31.1 Å². The van der Waals surface area contributed by atoms with Gasteiger partial charge in [-0.1, -0.05) is 0 Å². The Morgan fingerprint density at radius 1 is 0.875 bits per heavy atom. The molecule has 0 aromatic heterocycles. The normalized spacial score (nSPS) is 14.6. The van der Waals surface area contributed by atoms with Crippen LogP contribution in [0.2, 0.25) is 0 Å². The van der Waals surface area contributed by atoms with E-state index in [1.165, 1.54) is 0 Å². The average Bonchev–Trinajstić information content (AvgIpc) is 2.00. The lowest BCUT2D eigenvalue weighted by atomic mass is 10.2. The third-order valence-electron chi connectivity index (χ3n) is 1.38. The summed E-state index contributed by atoms with van der Waals surface area (Å²) < 4.78 is 108. The van der Waals surface area contributed by atoms with Crippen LogP contribution in [0, 0.1) is 0 Å². The Labute approximate surface area is 83.2 Å². The van der Waals surface area contributed by atoms with Crippen LogP contribution in [-0.2, 0) is 4.74 Å². The Kier molecular flexibility index (Phi) is 4.48. The molecule has 0 aliphatic rings. The van der Waals surface area contributed by atoms with E-state index in [0.29, 0.717) is 0 Å². The molecule has 10 heteroatoms. The summed E-state index contributed by atoms with van der Waals surface area (Å²) in [7, 11) is 0. The zero-order valence-corrected chi connectivity index (χ0v) is 7.30. The van der Waals surface area contributed by atoms with E-state index in [9.17, 15) is 39.5 Å². The van der Waals surface area contributed by atoms with Gasteiger partial charge in [-0.25, -0.2) is 8.78 Å². The third-order valence-corrected chi connectivity index (χ3v) is 1.38. The molecule has 98 valence electrons. The fraction of sp³-hybridized carbons (Fsp3) is 1.00. The third kappa shape index (κ3) is 4.06. The van der Waals surface area contributed by atoms with Gasteiger partial charge in [0, 0.05) is 6.42 Å². The second-order valence-corrected chi connectivity index (χ2v) is 2.66. The molecule has 0 atom stereocenters. The van der Waals surface area contributed by atoms with Gasteiger partial charge in [0.2, 0.25) is 0 Å². The van der Waals surface area contributed by atoms with E-state index in [1.807, 2.05) is 0 Å². The van der Waals surface area contributed by atoms with Gasteiger partial charge in [0.05, 0.1) is 6.61 Å².